The number of rotatable bonds is 5. The number of hydrogen-bond donors (Lipinski definition) is 0. The molecule has 0 spiro atoms. The molecule has 1 heterocycles. The Bertz CT molecular complexity index is 313. The molecule has 0 radical (unpaired) electrons. The van der Waals surface area contributed by atoms with E-state index in [-0.39, 0.29) is 6.54 Å². The van der Waals surface area contributed by atoms with Gasteiger partial charge in [-0.05, 0) is 6.42 Å². The second-order valence-electron chi connectivity index (χ2n) is 4.21. The summed E-state index contributed by atoms with van der Waals surface area (Å²) in [6.45, 7) is 3.18. The van der Waals surface area contributed by atoms with Crippen molar-refractivity contribution in [2.75, 3.05) is 32.8 Å². The first-order valence-electron chi connectivity index (χ1n) is 6.33. The normalized spacial score (nSPS) is 17.9. The van der Waals surface area contributed by atoms with E-state index < -0.39 is 12.1 Å². The smallest absolute Gasteiger partial charge is 0.379 e. The third-order valence-corrected chi connectivity index (χ3v) is 2.71. The number of unbranched alkanes of at least 4 members (excludes halogenated alkanes) is 1. The second kappa shape index (κ2) is 7.49. The van der Waals surface area contributed by atoms with Gasteiger partial charge >= 0.3 is 12.1 Å². The number of carbonyl (C=O) groups is 1. The highest BCUT2D eigenvalue weighted by Gasteiger charge is 2.44. The summed E-state index contributed by atoms with van der Waals surface area (Å²) in [5, 5.41) is 2.16. The Labute approximate surface area is 110 Å². The maximum absolute atomic E-state index is 12.6. The van der Waals surface area contributed by atoms with Gasteiger partial charge in [0.2, 0.25) is 0 Å². The van der Waals surface area contributed by atoms with Crippen LogP contribution in [0.4, 0.5) is 13.2 Å². The van der Waals surface area contributed by atoms with Crippen LogP contribution in [0.15, 0.2) is 12.2 Å². The number of halogens is 3. The molecule has 1 saturated heterocycles. The Hall–Kier alpha value is -1.08. The van der Waals surface area contributed by atoms with E-state index in [9.17, 15) is 18.0 Å². The molecule has 0 N–H and O–H groups in total. The molecule has 1 aliphatic rings. The molecule has 7 heteroatoms. The van der Waals surface area contributed by atoms with Gasteiger partial charge in [-0.15, -0.1) is 0 Å². The number of amides is 1. The van der Waals surface area contributed by atoms with Crippen molar-refractivity contribution in [1.29, 1.82) is 0 Å². The van der Waals surface area contributed by atoms with Crippen LogP contribution in [0, 0.1) is 0 Å². The minimum Gasteiger partial charge on any atom is -0.379 e. The monoisotopic (exact) mass is 280 g/mol. The Morgan fingerprint density at radius 3 is 2.47 bits per heavy atom. The lowest BCUT2D eigenvalue weighted by atomic mass is 10.3. The topological polar surface area (TPSA) is 32.8 Å². The molecule has 0 aromatic carbocycles. The lowest BCUT2D eigenvalue weighted by Gasteiger charge is -2.36. The van der Waals surface area contributed by atoms with Crippen molar-refractivity contribution in [3.05, 3.63) is 12.2 Å². The first-order chi connectivity index (χ1) is 8.96. The summed E-state index contributed by atoms with van der Waals surface area (Å²) in [6.07, 6.45) is 0.245. The van der Waals surface area contributed by atoms with Crippen LogP contribution in [0.5, 0.6) is 0 Å². The third kappa shape index (κ3) is 5.20. The van der Waals surface area contributed by atoms with Crippen molar-refractivity contribution in [2.45, 2.75) is 25.9 Å². The molecule has 0 bridgehead atoms. The van der Waals surface area contributed by atoms with Crippen LogP contribution in [0.3, 0.4) is 0 Å². The summed E-state index contributed by atoms with van der Waals surface area (Å²) in [7, 11) is 0. The average molecular weight is 280 g/mol. The van der Waals surface area contributed by atoms with Crippen molar-refractivity contribution in [2.24, 2.45) is 0 Å². The summed E-state index contributed by atoms with van der Waals surface area (Å²) in [5.74, 6) is -1.82. The SMILES string of the molecule is CCCC=CCN(C(=O)C(F)(F)F)N1CCOCC1. The largest absolute Gasteiger partial charge is 0.472 e. The van der Waals surface area contributed by atoms with Crippen molar-refractivity contribution < 1.29 is 22.7 Å². The average Bonchev–Trinajstić information content (AvgIpc) is 2.38. The summed E-state index contributed by atoms with van der Waals surface area (Å²) in [6, 6.07) is 0. The van der Waals surface area contributed by atoms with Crippen molar-refractivity contribution in [1.82, 2.24) is 10.0 Å². The molecule has 1 fully saturated rings. The summed E-state index contributed by atoms with van der Waals surface area (Å²) < 4.78 is 42.7. The fourth-order valence-corrected chi connectivity index (χ4v) is 1.73. The van der Waals surface area contributed by atoms with Gasteiger partial charge in [0, 0.05) is 13.1 Å². The van der Waals surface area contributed by atoms with Gasteiger partial charge in [-0.2, -0.15) is 13.2 Å². The maximum atomic E-state index is 12.6. The van der Waals surface area contributed by atoms with E-state index in [1.165, 1.54) is 5.01 Å². The minimum absolute atomic E-state index is 0.0572. The molecule has 110 valence electrons. The fourth-order valence-electron chi connectivity index (χ4n) is 1.73. The number of hydrogen-bond acceptors (Lipinski definition) is 3. The third-order valence-electron chi connectivity index (χ3n) is 2.71. The van der Waals surface area contributed by atoms with Crippen LogP contribution < -0.4 is 0 Å². The van der Waals surface area contributed by atoms with E-state index in [1.54, 1.807) is 12.2 Å². The molecule has 0 aliphatic carbocycles. The van der Waals surface area contributed by atoms with Gasteiger partial charge in [-0.3, -0.25) is 9.80 Å². The zero-order valence-electron chi connectivity index (χ0n) is 10.9. The molecule has 0 aromatic rings. The van der Waals surface area contributed by atoms with Gasteiger partial charge in [-0.25, -0.2) is 5.01 Å². The Morgan fingerprint density at radius 2 is 1.95 bits per heavy atom. The van der Waals surface area contributed by atoms with Crippen molar-refractivity contribution in [3.8, 4) is 0 Å². The number of morpholine rings is 1. The van der Waals surface area contributed by atoms with Crippen LogP contribution in [-0.2, 0) is 9.53 Å². The number of hydrazine groups is 1. The maximum Gasteiger partial charge on any atom is 0.472 e. The molecule has 0 unspecified atom stereocenters. The lowest BCUT2D eigenvalue weighted by Crippen LogP contribution is -2.55. The standard InChI is InChI=1S/C12H19F3N2O2/c1-2-3-4-5-6-17(11(18)12(13,14)15)16-7-9-19-10-8-16/h4-5H,2-3,6-10H2,1H3. The predicted octanol–water partition coefficient (Wildman–Crippen LogP) is 1.98. The molecule has 1 aliphatic heterocycles. The van der Waals surface area contributed by atoms with Crippen LogP contribution in [0.1, 0.15) is 19.8 Å². The molecule has 1 rings (SSSR count). The molecule has 1 amide bonds. The van der Waals surface area contributed by atoms with Gasteiger partial charge < -0.3 is 4.74 Å². The van der Waals surface area contributed by atoms with Gasteiger partial charge in [0.25, 0.3) is 0 Å². The van der Waals surface area contributed by atoms with Crippen molar-refractivity contribution >= 4 is 5.91 Å². The van der Waals surface area contributed by atoms with Crippen LogP contribution in [0.25, 0.3) is 0 Å². The zero-order chi connectivity index (χ0) is 14.3. The molecule has 0 atom stereocenters. The minimum atomic E-state index is -4.85. The zero-order valence-corrected chi connectivity index (χ0v) is 10.9. The number of alkyl halides is 3. The first-order valence-corrected chi connectivity index (χ1v) is 6.33. The van der Waals surface area contributed by atoms with Crippen LogP contribution >= 0.6 is 0 Å². The highest BCUT2D eigenvalue weighted by atomic mass is 19.4. The van der Waals surface area contributed by atoms with E-state index >= 15 is 0 Å². The molecule has 0 saturated carbocycles. The van der Waals surface area contributed by atoms with Gasteiger partial charge in [0.1, 0.15) is 0 Å². The molecular formula is C12H19F3N2O2. The molecule has 19 heavy (non-hydrogen) atoms. The summed E-state index contributed by atoms with van der Waals surface area (Å²) in [5.41, 5.74) is 0. The predicted molar refractivity (Wildman–Crippen MR) is 64.2 cm³/mol. The van der Waals surface area contributed by atoms with E-state index in [0.29, 0.717) is 26.3 Å². The number of allylic oxidation sites excluding steroid dienone is 1. The van der Waals surface area contributed by atoms with E-state index in [0.717, 1.165) is 17.9 Å². The highest BCUT2D eigenvalue weighted by Crippen LogP contribution is 2.20. The van der Waals surface area contributed by atoms with E-state index in [4.69, 9.17) is 4.74 Å². The highest BCUT2D eigenvalue weighted by molar-refractivity contribution is 5.81. The number of carbonyl (C=O) groups excluding carboxylic acids is 1. The first kappa shape index (κ1) is 16.0. The van der Waals surface area contributed by atoms with Crippen LogP contribution in [0.2, 0.25) is 0 Å². The van der Waals surface area contributed by atoms with Crippen LogP contribution in [-0.4, -0.2) is 54.9 Å². The molecule has 4 nitrogen and oxygen atoms in total. The van der Waals surface area contributed by atoms with Crippen molar-refractivity contribution in [3.63, 3.8) is 0 Å². The van der Waals surface area contributed by atoms with Gasteiger partial charge in [-0.1, -0.05) is 25.5 Å². The lowest BCUT2D eigenvalue weighted by molar-refractivity contribution is -0.205. The quantitative estimate of drug-likeness (QED) is 0.722. The second-order valence-corrected chi connectivity index (χ2v) is 4.21. The Morgan fingerprint density at radius 1 is 1.32 bits per heavy atom. The van der Waals surface area contributed by atoms with E-state index in [2.05, 4.69) is 0 Å². The van der Waals surface area contributed by atoms with Gasteiger partial charge in [0.15, 0.2) is 0 Å². The summed E-state index contributed by atoms with van der Waals surface area (Å²) >= 11 is 0. The Balaban J connectivity index is 2.69. The summed E-state index contributed by atoms with van der Waals surface area (Å²) in [4.78, 5) is 11.4. The molecule has 0 aromatic heterocycles. The number of nitrogens with zero attached hydrogens (tertiary/aromatic N) is 2. The van der Waals surface area contributed by atoms with Gasteiger partial charge in [0.05, 0.1) is 19.8 Å². The fraction of sp³-hybridized carbons (Fsp3) is 0.750. The Kier molecular flexibility index (Phi) is 6.30. The van der Waals surface area contributed by atoms with E-state index in [1.807, 2.05) is 6.92 Å². The number of ether oxygens (including phenoxy) is 1. The molecular weight excluding hydrogens is 261 g/mol.